The molecule has 0 aliphatic carbocycles. The lowest BCUT2D eigenvalue weighted by molar-refractivity contribution is -0.138. The molecule has 94 valence electrons. The third-order valence-electron chi connectivity index (χ3n) is 2.27. The minimum Gasteiger partial charge on any atom is -0.480 e. The van der Waals surface area contributed by atoms with E-state index in [-0.39, 0.29) is 12.2 Å². The highest BCUT2D eigenvalue weighted by molar-refractivity contribution is 6.30. The SMILES string of the molecule is NC(CCNCc1cc(Cl)ccc1F)C(=O)O. The molecule has 4 N–H and O–H groups in total. The molecular weight excluding hydrogens is 247 g/mol. The van der Waals surface area contributed by atoms with Gasteiger partial charge < -0.3 is 16.2 Å². The van der Waals surface area contributed by atoms with Crippen LogP contribution < -0.4 is 11.1 Å². The molecule has 0 aliphatic rings. The highest BCUT2D eigenvalue weighted by Gasteiger charge is 2.10. The standard InChI is InChI=1S/C11H14ClFN2O2/c12-8-1-2-9(13)7(5-8)6-15-4-3-10(14)11(16)17/h1-2,5,10,15H,3-4,6,14H2,(H,16,17). The van der Waals surface area contributed by atoms with Crippen molar-refractivity contribution in [2.45, 2.75) is 19.0 Å². The van der Waals surface area contributed by atoms with Crippen LogP contribution in [0, 0.1) is 5.82 Å². The number of carboxylic acid groups (broad SMARTS) is 1. The molecule has 0 spiro atoms. The summed E-state index contributed by atoms with van der Waals surface area (Å²) in [6.07, 6.45) is 0.289. The van der Waals surface area contributed by atoms with Gasteiger partial charge in [-0.1, -0.05) is 11.6 Å². The van der Waals surface area contributed by atoms with Crippen LogP contribution in [0.1, 0.15) is 12.0 Å². The minimum absolute atomic E-state index is 0.289. The van der Waals surface area contributed by atoms with Crippen LogP contribution in [0.15, 0.2) is 18.2 Å². The van der Waals surface area contributed by atoms with Crippen LogP contribution in [-0.4, -0.2) is 23.7 Å². The summed E-state index contributed by atoms with van der Waals surface area (Å²) in [6.45, 7) is 0.693. The predicted molar refractivity (Wildman–Crippen MR) is 63.3 cm³/mol. The van der Waals surface area contributed by atoms with Crippen molar-refractivity contribution in [3.05, 3.63) is 34.6 Å². The van der Waals surface area contributed by atoms with E-state index < -0.39 is 12.0 Å². The summed E-state index contributed by atoms with van der Waals surface area (Å²) >= 11 is 5.73. The van der Waals surface area contributed by atoms with E-state index in [1.807, 2.05) is 0 Å². The Morgan fingerprint density at radius 1 is 1.59 bits per heavy atom. The number of carboxylic acids is 1. The van der Waals surface area contributed by atoms with Gasteiger partial charge in [0.25, 0.3) is 0 Å². The zero-order valence-electron chi connectivity index (χ0n) is 9.12. The molecule has 6 heteroatoms. The number of carbonyl (C=O) groups is 1. The van der Waals surface area contributed by atoms with E-state index in [9.17, 15) is 9.18 Å². The average molecular weight is 261 g/mol. The first-order valence-electron chi connectivity index (χ1n) is 5.13. The van der Waals surface area contributed by atoms with Crippen molar-refractivity contribution < 1.29 is 14.3 Å². The second kappa shape index (κ2) is 6.54. The summed E-state index contributed by atoms with van der Waals surface area (Å²) in [7, 11) is 0. The normalized spacial score (nSPS) is 12.4. The van der Waals surface area contributed by atoms with Crippen molar-refractivity contribution in [3.63, 3.8) is 0 Å². The van der Waals surface area contributed by atoms with Gasteiger partial charge in [-0.15, -0.1) is 0 Å². The molecule has 0 aliphatic heterocycles. The third-order valence-corrected chi connectivity index (χ3v) is 2.51. The Hall–Kier alpha value is -1.17. The minimum atomic E-state index is -1.04. The number of aliphatic carboxylic acids is 1. The molecule has 1 aromatic carbocycles. The quantitative estimate of drug-likeness (QED) is 0.676. The molecule has 0 bridgehead atoms. The van der Waals surface area contributed by atoms with Crippen LogP contribution in [0.2, 0.25) is 5.02 Å². The summed E-state index contributed by atoms with van der Waals surface area (Å²) in [5, 5.41) is 11.9. The van der Waals surface area contributed by atoms with Gasteiger partial charge in [0.15, 0.2) is 0 Å². The van der Waals surface area contributed by atoms with Crippen LogP contribution >= 0.6 is 11.6 Å². The molecule has 0 amide bonds. The van der Waals surface area contributed by atoms with Crippen molar-refractivity contribution in [3.8, 4) is 0 Å². The zero-order valence-corrected chi connectivity index (χ0v) is 9.88. The largest absolute Gasteiger partial charge is 0.480 e. The Kier molecular flexibility index (Phi) is 5.34. The van der Waals surface area contributed by atoms with E-state index in [1.54, 1.807) is 0 Å². The molecule has 1 unspecified atom stereocenters. The van der Waals surface area contributed by atoms with Gasteiger partial charge in [-0.2, -0.15) is 0 Å². The van der Waals surface area contributed by atoms with Crippen LogP contribution in [0.3, 0.4) is 0 Å². The Morgan fingerprint density at radius 3 is 2.94 bits per heavy atom. The van der Waals surface area contributed by atoms with E-state index in [1.165, 1.54) is 18.2 Å². The van der Waals surface area contributed by atoms with Crippen molar-refractivity contribution >= 4 is 17.6 Å². The average Bonchev–Trinajstić information content (AvgIpc) is 2.28. The van der Waals surface area contributed by atoms with Crippen LogP contribution in [0.4, 0.5) is 4.39 Å². The van der Waals surface area contributed by atoms with Crippen LogP contribution in [-0.2, 0) is 11.3 Å². The fraction of sp³-hybridized carbons (Fsp3) is 0.364. The molecule has 0 aromatic heterocycles. The summed E-state index contributed by atoms with van der Waals surface area (Å²) < 4.78 is 13.3. The number of halogens is 2. The van der Waals surface area contributed by atoms with E-state index in [0.29, 0.717) is 23.7 Å². The zero-order chi connectivity index (χ0) is 12.8. The first kappa shape index (κ1) is 13.9. The molecule has 4 nitrogen and oxygen atoms in total. The van der Waals surface area contributed by atoms with Gasteiger partial charge in [0.05, 0.1) is 0 Å². The molecule has 17 heavy (non-hydrogen) atoms. The second-order valence-corrected chi connectivity index (χ2v) is 4.08. The molecular formula is C11H14ClFN2O2. The lowest BCUT2D eigenvalue weighted by atomic mass is 10.2. The summed E-state index contributed by atoms with van der Waals surface area (Å²) in [6, 6.07) is 3.40. The highest BCUT2D eigenvalue weighted by atomic mass is 35.5. The van der Waals surface area contributed by atoms with Crippen molar-refractivity contribution in [2.75, 3.05) is 6.54 Å². The maximum Gasteiger partial charge on any atom is 0.320 e. The lowest BCUT2D eigenvalue weighted by Crippen LogP contribution is -2.33. The lowest BCUT2D eigenvalue weighted by Gasteiger charge is -2.08. The fourth-order valence-electron chi connectivity index (χ4n) is 1.28. The van der Waals surface area contributed by atoms with Gasteiger partial charge in [0, 0.05) is 17.1 Å². The predicted octanol–water partition coefficient (Wildman–Crippen LogP) is 1.37. The van der Waals surface area contributed by atoms with E-state index in [2.05, 4.69) is 5.32 Å². The molecule has 0 radical (unpaired) electrons. The third kappa shape index (κ3) is 4.68. The maximum atomic E-state index is 13.3. The second-order valence-electron chi connectivity index (χ2n) is 3.65. The molecule has 1 rings (SSSR count). The van der Waals surface area contributed by atoms with Gasteiger partial charge in [-0.25, -0.2) is 4.39 Å². The topological polar surface area (TPSA) is 75.3 Å². The Morgan fingerprint density at radius 2 is 2.29 bits per heavy atom. The first-order valence-corrected chi connectivity index (χ1v) is 5.51. The summed E-state index contributed by atoms with van der Waals surface area (Å²) in [5.74, 6) is -1.38. The van der Waals surface area contributed by atoms with E-state index in [4.69, 9.17) is 22.4 Å². The Labute approximate surface area is 104 Å². The molecule has 0 saturated carbocycles. The number of hydrogen-bond acceptors (Lipinski definition) is 3. The highest BCUT2D eigenvalue weighted by Crippen LogP contribution is 2.14. The molecule has 0 fully saturated rings. The van der Waals surface area contributed by atoms with Gasteiger partial charge in [-0.05, 0) is 31.2 Å². The van der Waals surface area contributed by atoms with E-state index in [0.717, 1.165) is 0 Å². The molecule has 0 saturated heterocycles. The number of nitrogens with two attached hydrogens (primary N) is 1. The maximum absolute atomic E-state index is 13.3. The number of hydrogen-bond donors (Lipinski definition) is 3. The van der Waals surface area contributed by atoms with Gasteiger partial charge in [0.1, 0.15) is 11.9 Å². The van der Waals surface area contributed by atoms with Crippen LogP contribution in [0.25, 0.3) is 0 Å². The monoisotopic (exact) mass is 260 g/mol. The van der Waals surface area contributed by atoms with Crippen molar-refractivity contribution in [1.29, 1.82) is 0 Å². The smallest absolute Gasteiger partial charge is 0.320 e. The van der Waals surface area contributed by atoms with Gasteiger partial charge >= 0.3 is 5.97 Å². The van der Waals surface area contributed by atoms with Crippen molar-refractivity contribution in [1.82, 2.24) is 5.32 Å². The van der Waals surface area contributed by atoms with Gasteiger partial charge in [0.2, 0.25) is 0 Å². The van der Waals surface area contributed by atoms with E-state index >= 15 is 0 Å². The summed E-state index contributed by atoms with van der Waals surface area (Å²) in [5.41, 5.74) is 5.76. The van der Waals surface area contributed by atoms with Crippen LogP contribution in [0.5, 0.6) is 0 Å². The first-order chi connectivity index (χ1) is 8.00. The molecule has 1 atom stereocenters. The van der Waals surface area contributed by atoms with Crippen molar-refractivity contribution in [2.24, 2.45) is 5.73 Å². The Balaban J connectivity index is 2.36. The Bertz CT molecular complexity index is 401. The fourth-order valence-corrected chi connectivity index (χ4v) is 1.48. The number of benzene rings is 1. The summed E-state index contributed by atoms with van der Waals surface area (Å²) in [4.78, 5) is 10.4. The number of nitrogens with one attached hydrogen (secondary N) is 1. The molecule has 1 aromatic rings. The van der Waals surface area contributed by atoms with Gasteiger partial charge in [-0.3, -0.25) is 4.79 Å². The molecule has 0 heterocycles. The number of rotatable bonds is 6.